The van der Waals surface area contributed by atoms with Crippen molar-refractivity contribution < 1.29 is 14.0 Å². The van der Waals surface area contributed by atoms with Crippen LogP contribution in [-0.2, 0) is 13.0 Å². The van der Waals surface area contributed by atoms with Crippen molar-refractivity contribution in [3.63, 3.8) is 0 Å². The molecule has 170 valence electrons. The number of amides is 2. The van der Waals surface area contributed by atoms with Gasteiger partial charge in [0.2, 0.25) is 0 Å². The first-order chi connectivity index (χ1) is 16.2. The van der Waals surface area contributed by atoms with Crippen LogP contribution < -0.4 is 5.32 Å². The summed E-state index contributed by atoms with van der Waals surface area (Å²) < 4.78 is 5.25. The zero-order valence-electron chi connectivity index (χ0n) is 18.8. The molecule has 3 heterocycles. The van der Waals surface area contributed by atoms with Gasteiger partial charge in [-0.3, -0.25) is 9.59 Å². The minimum Gasteiger partial charge on any atom is -0.467 e. The molecule has 0 unspecified atom stereocenters. The van der Waals surface area contributed by atoms with Gasteiger partial charge in [0.05, 0.1) is 12.8 Å². The molecule has 0 saturated carbocycles. The largest absolute Gasteiger partial charge is 0.467 e. The van der Waals surface area contributed by atoms with E-state index in [9.17, 15) is 9.59 Å². The van der Waals surface area contributed by atoms with Crippen molar-refractivity contribution in [1.82, 2.24) is 15.1 Å². The average molecular weight is 444 g/mol. The van der Waals surface area contributed by atoms with E-state index >= 15 is 0 Å². The zero-order valence-corrected chi connectivity index (χ0v) is 18.8. The van der Waals surface area contributed by atoms with E-state index < -0.39 is 0 Å². The molecule has 1 saturated heterocycles. The van der Waals surface area contributed by atoms with E-state index in [0.717, 1.165) is 67.2 Å². The molecule has 2 aliphatic rings. The monoisotopic (exact) mass is 443 g/mol. The molecule has 0 bridgehead atoms. The van der Waals surface area contributed by atoms with Crippen molar-refractivity contribution in [1.29, 1.82) is 0 Å². The van der Waals surface area contributed by atoms with E-state index in [1.807, 2.05) is 47.4 Å². The van der Waals surface area contributed by atoms with Crippen LogP contribution in [0.25, 0.3) is 11.1 Å². The van der Waals surface area contributed by atoms with Crippen molar-refractivity contribution in [2.24, 2.45) is 0 Å². The molecule has 0 atom stereocenters. The Hall–Kier alpha value is -3.38. The molecule has 2 aliphatic heterocycles. The van der Waals surface area contributed by atoms with Gasteiger partial charge >= 0.3 is 0 Å². The summed E-state index contributed by atoms with van der Waals surface area (Å²) >= 11 is 0. The predicted molar refractivity (Wildman–Crippen MR) is 127 cm³/mol. The average Bonchev–Trinajstić information content (AvgIpc) is 3.56. The summed E-state index contributed by atoms with van der Waals surface area (Å²) in [5.74, 6) is 0.728. The fraction of sp³-hybridized carbons (Fsp3) is 0.333. The van der Waals surface area contributed by atoms with Crippen LogP contribution in [0.5, 0.6) is 0 Å². The maximum absolute atomic E-state index is 13.0. The van der Waals surface area contributed by atoms with Crippen LogP contribution in [0, 0.1) is 0 Å². The number of fused-ring (bicyclic) bond motifs is 1. The van der Waals surface area contributed by atoms with E-state index in [1.54, 1.807) is 12.3 Å². The Morgan fingerprint density at radius 3 is 2.48 bits per heavy atom. The Balaban J connectivity index is 1.22. The smallest absolute Gasteiger partial charge is 0.254 e. The first-order valence-corrected chi connectivity index (χ1v) is 11.7. The van der Waals surface area contributed by atoms with Crippen molar-refractivity contribution in [3.05, 3.63) is 83.3 Å². The van der Waals surface area contributed by atoms with Gasteiger partial charge in [0.25, 0.3) is 11.8 Å². The highest BCUT2D eigenvalue weighted by Gasteiger charge is 2.25. The maximum atomic E-state index is 13.0. The number of carbonyl (C=O) groups is 2. The molecule has 6 heteroatoms. The Morgan fingerprint density at radius 1 is 0.939 bits per heavy atom. The maximum Gasteiger partial charge on any atom is 0.254 e. The Bertz CT molecular complexity index is 1120. The van der Waals surface area contributed by atoms with Crippen LogP contribution in [-0.4, -0.2) is 54.3 Å². The van der Waals surface area contributed by atoms with Crippen molar-refractivity contribution in [3.8, 4) is 11.1 Å². The van der Waals surface area contributed by atoms with E-state index in [1.165, 1.54) is 12.8 Å². The van der Waals surface area contributed by atoms with Crippen LogP contribution in [0.1, 0.15) is 44.9 Å². The van der Waals surface area contributed by atoms with Gasteiger partial charge in [-0.15, -0.1) is 0 Å². The van der Waals surface area contributed by atoms with E-state index in [-0.39, 0.29) is 11.8 Å². The summed E-state index contributed by atoms with van der Waals surface area (Å²) in [5.41, 5.74) is 4.63. The summed E-state index contributed by atoms with van der Waals surface area (Å²) in [7, 11) is 0. The van der Waals surface area contributed by atoms with Crippen molar-refractivity contribution >= 4 is 11.8 Å². The molecule has 0 spiro atoms. The summed E-state index contributed by atoms with van der Waals surface area (Å²) in [6.45, 7) is 5.24. The van der Waals surface area contributed by atoms with Gasteiger partial charge in [0.1, 0.15) is 5.76 Å². The number of nitrogens with zero attached hydrogens (tertiary/aromatic N) is 2. The van der Waals surface area contributed by atoms with E-state index in [0.29, 0.717) is 12.1 Å². The molecule has 1 fully saturated rings. The second kappa shape index (κ2) is 9.63. The van der Waals surface area contributed by atoms with Crippen molar-refractivity contribution in [2.45, 2.75) is 25.8 Å². The number of hydrogen-bond acceptors (Lipinski definition) is 4. The molecule has 2 amide bonds. The molecule has 0 aliphatic carbocycles. The highest BCUT2D eigenvalue weighted by Crippen LogP contribution is 2.27. The molecule has 5 rings (SSSR count). The first kappa shape index (κ1) is 21.5. The second-order valence-electron chi connectivity index (χ2n) is 8.80. The molecular formula is C27H29N3O3. The summed E-state index contributed by atoms with van der Waals surface area (Å²) in [5, 5.41) is 2.86. The summed E-state index contributed by atoms with van der Waals surface area (Å²) in [6.07, 6.45) is 5.02. The molecular weight excluding hydrogens is 414 g/mol. The van der Waals surface area contributed by atoms with Crippen molar-refractivity contribution in [2.75, 3.05) is 32.7 Å². The number of rotatable bonds is 7. The lowest BCUT2D eigenvalue weighted by Crippen LogP contribution is -2.42. The van der Waals surface area contributed by atoms with Gasteiger partial charge in [-0.1, -0.05) is 24.3 Å². The third kappa shape index (κ3) is 4.86. The summed E-state index contributed by atoms with van der Waals surface area (Å²) in [6, 6.07) is 17.3. The molecule has 1 aromatic heterocycles. The lowest BCUT2D eigenvalue weighted by atomic mass is 9.93. The van der Waals surface area contributed by atoms with Gasteiger partial charge < -0.3 is 19.5 Å². The number of carbonyl (C=O) groups excluding carboxylic acids is 2. The molecule has 0 radical (unpaired) electrons. The number of hydrogen-bond donors (Lipinski definition) is 1. The van der Waals surface area contributed by atoms with Crippen LogP contribution in [0.4, 0.5) is 0 Å². The molecule has 2 aromatic carbocycles. The van der Waals surface area contributed by atoms with Gasteiger partial charge in [0, 0.05) is 30.8 Å². The van der Waals surface area contributed by atoms with E-state index in [4.69, 9.17) is 4.42 Å². The fourth-order valence-electron chi connectivity index (χ4n) is 4.69. The lowest BCUT2D eigenvalue weighted by Gasteiger charge is -2.30. The molecule has 33 heavy (non-hydrogen) atoms. The SMILES string of the molecule is O=C(NCc1ccco1)c1ccc(-c2ccc3c(c2)CCN(CCN2CCCC2)C3=O)cc1. The van der Waals surface area contributed by atoms with Crippen LogP contribution in [0.2, 0.25) is 0 Å². The lowest BCUT2D eigenvalue weighted by molar-refractivity contribution is 0.0724. The predicted octanol–water partition coefficient (Wildman–Crippen LogP) is 3.97. The zero-order chi connectivity index (χ0) is 22.6. The fourth-order valence-corrected chi connectivity index (χ4v) is 4.69. The third-order valence-corrected chi connectivity index (χ3v) is 6.64. The van der Waals surface area contributed by atoms with E-state index in [2.05, 4.69) is 16.3 Å². The Labute approximate surface area is 194 Å². The van der Waals surface area contributed by atoms with Gasteiger partial charge in [-0.05, 0) is 79.4 Å². The topological polar surface area (TPSA) is 65.8 Å². The third-order valence-electron chi connectivity index (χ3n) is 6.64. The Kier molecular flexibility index (Phi) is 6.26. The van der Waals surface area contributed by atoms with Crippen LogP contribution >= 0.6 is 0 Å². The number of likely N-dealkylation sites (tertiary alicyclic amines) is 1. The standard InChI is InChI=1S/C27H29N3O3/c31-26(28-19-24-4-3-17-33-24)21-7-5-20(6-8-21)22-9-10-25-23(18-22)11-14-30(27(25)32)16-15-29-12-1-2-13-29/h3-10,17-18H,1-2,11-16,19H2,(H,28,31). The minimum absolute atomic E-state index is 0.136. The highest BCUT2D eigenvalue weighted by molar-refractivity contribution is 5.97. The van der Waals surface area contributed by atoms with Crippen LogP contribution in [0.15, 0.2) is 65.3 Å². The second-order valence-corrected chi connectivity index (χ2v) is 8.80. The normalized spacial score (nSPS) is 16.1. The molecule has 6 nitrogen and oxygen atoms in total. The quantitative estimate of drug-likeness (QED) is 0.600. The van der Waals surface area contributed by atoms with Gasteiger partial charge in [-0.25, -0.2) is 0 Å². The first-order valence-electron chi connectivity index (χ1n) is 11.7. The number of furan rings is 1. The highest BCUT2D eigenvalue weighted by atomic mass is 16.3. The van der Waals surface area contributed by atoms with Gasteiger partial charge in [0.15, 0.2) is 0 Å². The number of benzene rings is 2. The summed E-state index contributed by atoms with van der Waals surface area (Å²) in [4.78, 5) is 29.8. The van der Waals surface area contributed by atoms with Gasteiger partial charge in [-0.2, -0.15) is 0 Å². The molecule has 3 aromatic rings. The Morgan fingerprint density at radius 2 is 1.73 bits per heavy atom. The molecule has 1 N–H and O–H groups in total. The number of nitrogens with one attached hydrogen (secondary N) is 1. The van der Waals surface area contributed by atoms with Crippen LogP contribution in [0.3, 0.4) is 0 Å². The minimum atomic E-state index is -0.136.